The van der Waals surface area contributed by atoms with Crippen molar-refractivity contribution < 1.29 is 13.5 Å². The van der Waals surface area contributed by atoms with E-state index in [4.69, 9.17) is 0 Å². The first-order chi connectivity index (χ1) is 12.1. The van der Waals surface area contributed by atoms with Crippen LogP contribution in [0.15, 0.2) is 29.3 Å². The Morgan fingerprint density at radius 3 is 2.81 bits per heavy atom. The van der Waals surface area contributed by atoms with Crippen LogP contribution in [-0.2, 0) is 6.54 Å². The van der Waals surface area contributed by atoms with E-state index < -0.39 is 6.61 Å². The van der Waals surface area contributed by atoms with Crippen molar-refractivity contribution in [3.8, 4) is 5.75 Å². The fourth-order valence-corrected chi connectivity index (χ4v) is 3.08. The summed E-state index contributed by atoms with van der Waals surface area (Å²) in [4.78, 5) is 6.64. The molecule has 1 atom stereocenters. The SMILES string of the molecule is CN=C(NCCN1CCCC(C)C1)NCc1ccccc1OC(F)F.I. The Morgan fingerprint density at radius 2 is 2.12 bits per heavy atom. The summed E-state index contributed by atoms with van der Waals surface area (Å²) in [6.07, 6.45) is 2.57. The fourth-order valence-electron chi connectivity index (χ4n) is 3.08. The zero-order valence-electron chi connectivity index (χ0n) is 15.4. The van der Waals surface area contributed by atoms with Crippen molar-refractivity contribution in [2.45, 2.75) is 32.9 Å². The maximum Gasteiger partial charge on any atom is 0.387 e. The molecule has 26 heavy (non-hydrogen) atoms. The van der Waals surface area contributed by atoms with Crippen LogP contribution in [0.25, 0.3) is 0 Å². The molecule has 0 aliphatic carbocycles. The number of piperidine rings is 1. The standard InChI is InChI=1S/C18H28F2N4O.HI/c1-14-6-5-10-24(13-14)11-9-22-18(21-2)23-12-15-7-3-4-8-16(15)25-17(19)20;/h3-4,7-8,14,17H,5-6,9-13H2,1-2H3,(H2,21,22,23);1H. The number of benzene rings is 1. The molecule has 148 valence electrons. The van der Waals surface area contributed by atoms with E-state index in [1.54, 1.807) is 25.2 Å². The number of hydrogen-bond donors (Lipinski definition) is 2. The van der Waals surface area contributed by atoms with Gasteiger partial charge in [-0.15, -0.1) is 24.0 Å². The van der Waals surface area contributed by atoms with Gasteiger partial charge in [0.25, 0.3) is 0 Å². The first-order valence-electron chi connectivity index (χ1n) is 8.78. The molecule has 1 aliphatic heterocycles. The molecular weight excluding hydrogens is 453 g/mol. The van der Waals surface area contributed by atoms with Gasteiger partial charge in [0.05, 0.1) is 0 Å². The number of guanidine groups is 1. The Balaban J connectivity index is 0.00000338. The normalized spacial score (nSPS) is 18.3. The minimum atomic E-state index is -2.83. The van der Waals surface area contributed by atoms with Gasteiger partial charge in [-0.2, -0.15) is 8.78 Å². The molecule has 0 spiro atoms. The molecule has 0 radical (unpaired) electrons. The lowest BCUT2D eigenvalue weighted by molar-refractivity contribution is -0.0504. The highest BCUT2D eigenvalue weighted by molar-refractivity contribution is 14.0. The fraction of sp³-hybridized carbons (Fsp3) is 0.611. The minimum absolute atomic E-state index is 0. The Kier molecular flexibility index (Phi) is 10.8. The number of aliphatic imine (C=N–C) groups is 1. The number of halogens is 3. The summed E-state index contributed by atoms with van der Waals surface area (Å²) in [5, 5.41) is 6.41. The van der Waals surface area contributed by atoms with E-state index in [0.29, 0.717) is 18.1 Å². The molecule has 0 amide bonds. The van der Waals surface area contributed by atoms with Crippen LogP contribution in [0.1, 0.15) is 25.3 Å². The summed E-state index contributed by atoms with van der Waals surface area (Å²) in [7, 11) is 1.69. The molecule has 8 heteroatoms. The molecular formula is C18H29F2IN4O. The molecule has 0 bridgehead atoms. The topological polar surface area (TPSA) is 48.9 Å². The number of nitrogens with one attached hydrogen (secondary N) is 2. The lowest BCUT2D eigenvalue weighted by Crippen LogP contribution is -2.43. The molecule has 2 rings (SSSR count). The molecule has 5 nitrogen and oxygen atoms in total. The third kappa shape index (κ3) is 8.03. The smallest absolute Gasteiger partial charge is 0.387 e. The second kappa shape index (κ2) is 12.3. The predicted octanol–water partition coefficient (Wildman–Crippen LogP) is 3.30. The minimum Gasteiger partial charge on any atom is -0.434 e. The lowest BCUT2D eigenvalue weighted by Gasteiger charge is -2.30. The van der Waals surface area contributed by atoms with Gasteiger partial charge in [-0.05, 0) is 31.4 Å². The number of ether oxygens (including phenoxy) is 1. The molecule has 1 unspecified atom stereocenters. The van der Waals surface area contributed by atoms with Crippen molar-refractivity contribution in [3.05, 3.63) is 29.8 Å². The quantitative estimate of drug-likeness (QED) is 0.356. The summed E-state index contributed by atoms with van der Waals surface area (Å²) < 4.78 is 29.4. The van der Waals surface area contributed by atoms with Crippen LogP contribution in [0.5, 0.6) is 5.75 Å². The highest BCUT2D eigenvalue weighted by Gasteiger charge is 2.15. The maximum absolute atomic E-state index is 12.5. The highest BCUT2D eigenvalue weighted by Crippen LogP contribution is 2.19. The van der Waals surface area contributed by atoms with Crippen LogP contribution in [0.2, 0.25) is 0 Å². The van der Waals surface area contributed by atoms with Crippen LogP contribution >= 0.6 is 24.0 Å². The number of para-hydroxylation sites is 1. The first-order valence-corrected chi connectivity index (χ1v) is 8.78. The summed E-state index contributed by atoms with van der Waals surface area (Å²) in [6.45, 7) is 3.88. The van der Waals surface area contributed by atoms with Gasteiger partial charge < -0.3 is 20.3 Å². The first kappa shape index (κ1) is 22.9. The summed E-state index contributed by atoms with van der Waals surface area (Å²) in [6, 6.07) is 6.76. The molecule has 1 fully saturated rings. The van der Waals surface area contributed by atoms with Crippen molar-refractivity contribution >= 4 is 29.9 Å². The molecule has 1 heterocycles. The number of likely N-dealkylation sites (tertiary alicyclic amines) is 1. The lowest BCUT2D eigenvalue weighted by atomic mass is 10.0. The van der Waals surface area contributed by atoms with Crippen LogP contribution in [0.3, 0.4) is 0 Å². The van der Waals surface area contributed by atoms with E-state index in [1.807, 2.05) is 0 Å². The zero-order chi connectivity index (χ0) is 18.1. The third-order valence-corrected chi connectivity index (χ3v) is 4.32. The van der Waals surface area contributed by atoms with Gasteiger partial charge in [-0.1, -0.05) is 25.1 Å². The van der Waals surface area contributed by atoms with Gasteiger partial charge >= 0.3 is 6.61 Å². The molecule has 1 saturated heterocycles. The summed E-state index contributed by atoms with van der Waals surface area (Å²) in [5.41, 5.74) is 0.663. The van der Waals surface area contributed by atoms with E-state index >= 15 is 0 Å². The Bertz CT molecular complexity index is 560. The van der Waals surface area contributed by atoms with E-state index in [-0.39, 0.29) is 29.7 Å². The molecule has 2 N–H and O–H groups in total. The Labute approximate surface area is 171 Å². The van der Waals surface area contributed by atoms with E-state index in [9.17, 15) is 8.78 Å². The van der Waals surface area contributed by atoms with Crippen molar-refractivity contribution in [3.63, 3.8) is 0 Å². The largest absolute Gasteiger partial charge is 0.434 e. The van der Waals surface area contributed by atoms with Gasteiger partial charge in [-0.3, -0.25) is 4.99 Å². The third-order valence-electron chi connectivity index (χ3n) is 4.32. The van der Waals surface area contributed by atoms with Gasteiger partial charge in [0.1, 0.15) is 5.75 Å². The van der Waals surface area contributed by atoms with Crippen LogP contribution in [0, 0.1) is 5.92 Å². The predicted molar refractivity (Wildman–Crippen MR) is 112 cm³/mol. The molecule has 1 aromatic rings. The van der Waals surface area contributed by atoms with Gasteiger partial charge in [0.15, 0.2) is 5.96 Å². The van der Waals surface area contributed by atoms with Gasteiger partial charge in [0, 0.05) is 38.8 Å². The van der Waals surface area contributed by atoms with E-state index in [2.05, 4.69) is 32.2 Å². The average Bonchev–Trinajstić information content (AvgIpc) is 2.58. The number of alkyl halides is 2. The molecule has 0 saturated carbocycles. The second-order valence-corrected chi connectivity index (χ2v) is 6.39. The summed E-state index contributed by atoms with van der Waals surface area (Å²) >= 11 is 0. The monoisotopic (exact) mass is 482 g/mol. The van der Waals surface area contributed by atoms with Crippen molar-refractivity contribution in [2.24, 2.45) is 10.9 Å². The van der Waals surface area contributed by atoms with Crippen LogP contribution < -0.4 is 15.4 Å². The van der Waals surface area contributed by atoms with E-state index in [0.717, 1.165) is 32.1 Å². The average molecular weight is 482 g/mol. The molecule has 1 aliphatic rings. The van der Waals surface area contributed by atoms with Gasteiger partial charge in [0.2, 0.25) is 0 Å². The van der Waals surface area contributed by atoms with Gasteiger partial charge in [-0.25, -0.2) is 0 Å². The maximum atomic E-state index is 12.5. The van der Waals surface area contributed by atoms with Crippen molar-refractivity contribution in [1.29, 1.82) is 0 Å². The number of hydrogen-bond acceptors (Lipinski definition) is 3. The van der Waals surface area contributed by atoms with Crippen molar-refractivity contribution in [1.82, 2.24) is 15.5 Å². The summed E-state index contributed by atoms with van der Waals surface area (Å²) in [5.74, 6) is 1.59. The van der Waals surface area contributed by atoms with Crippen LogP contribution in [0.4, 0.5) is 8.78 Å². The second-order valence-electron chi connectivity index (χ2n) is 6.39. The van der Waals surface area contributed by atoms with Crippen molar-refractivity contribution in [2.75, 3.05) is 33.2 Å². The zero-order valence-corrected chi connectivity index (χ0v) is 17.7. The Hall–Kier alpha value is -1.16. The number of nitrogens with zero attached hydrogens (tertiary/aromatic N) is 2. The molecule has 0 aromatic heterocycles. The Morgan fingerprint density at radius 1 is 1.35 bits per heavy atom. The van der Waals surface area contributed by atoms with E-state index in [1.165, 1.54) is 18.9 Å². The number of rotatable bonds is 7. The highest BCUT2D eigenvalue weighted by atomic mass is 127. The molecule has 1 aromatic carbocycles. The van der Waals surface area contributed by atoms with Crippen LogP contribution in [-0.4, -0.2) is 50.7 Å².